The third-order valence-corrected chi connectivity index (χ3v) is 2.30. The van der Waals surface area contributed by atoms with E-state index in [0.29, 0.717) is 20.8 Å². The van der Waals surface area contributed by atoms with E-state index in [0.717, 1.165) is 0 Å². The van der Waals surface area contributed by atoms with Crippen molar-refractivity contribution in [3.63, 3.8) is 0 Å². The molecule has 0 amide bonds. The molecule has 6 nitrogen and oxygen atoms in total. The number of nitrogens with zero attached hydrogens (tertiary/aromatic N) is 2. The van der Waals surface area contributed by atoms with Crippen molar-refractivity contribution in [3.05, 3.63) is 0 Å². The molecule has 0 saturated heterocycles. The molecule has 0 bridgehead atoms. The van der Waals surface area contributed by atoms with Gasteiger partial charge in [0.15, 0.2) is 5.60 Å². The summed E-state index contributed by atoms with van der Waals surface area (Å²) in [7, 11) is 0. The molecular weight excluding hydrogens is 440 g/mol. The topological polar surface area (TPSA) is 51.2 Å². The maximum atomic E-state index is 12.5. The highest BCUT2D eigenvalue weighted by Gasteiger charge is 2.62. The molecule has 0 radical (unpaired) electrons. The van der Waals surface area contributed by atoms with Crippen LogP contribution in [-0.4, -0.2) is 53.2 Å². The van der Waals surface area contributed by atoms with Gasteiger partial charge in [-0.2, -0.15) is 52.7 Å². The molecule has 0 aromatic heterocycles. The van der Waals surface area contributed by atoms with E-state index in [2.05, 4.69) is 14.4 Å². The summed E-state index contributed by atoms with van der Waals surface area (Å²) in [5.41, 5.74) is -3.00. The van der Waals surface area contributed by atoms with Crippen molar-refractivity contribution < 1.29 is 71.9 Å². The van der Waals surface area contributed by atoms with Gasteiger partial charge in [0.25, 0.3) is 0 Å². The molecule has 0 fully saturated rings. The van der Waals surface area contributed by atoms with Crippen molar-refractivity contribution in [1.29, 1.82) is 0 Å². The fraction of sp³-hybridized carbons (Fsp3) is 0.900. The standard InChI is InChI=1S/C10H10F12N2O4/c1-4(25)26-6(2,3)5(27-23(7(11,12)13)8(14,15)16)28-24(9(17,18)19)10(20,21)22/h5H,1-3H3. The van der Waals surface area contributed by atoms with Crippen LogP contribution in [0.4, 0.5) is 52.7 Å². The molecule has 0 unspecified atom stereocenters. The Hall–Kier alpha value is -1.53. The van der Waals surface area contributed by atoms with E-state index in [9.17, 15) is 57.5 Å². The molecule has 0 aromatic rings. The van der Waals surface area contributed by atoms with Gasteiger partial charge < -0.3 is 4.74 Å². The van der Waals surface area contributed by atoms with Crippen molar-refractivity contribution in [2.24, 2.45) is 0 Å². The van der Waals surface area contributed by atoms with Crippen molar-refractivity contribution in [2.45, 2.75) is 57.9 Å². The van der Waals surface area contributed by atoms with Gasteiger partial charge in [-0.1, -0.05) is 0 Å². The van der Waals surface area contributed by atoms with Crippen LogP contribution in [0.2, 0.25) is 0 Å². The Balaban J connectivity index is 6.19. The van der Waals surface area contributed by atoms with Crippen molar-refractivity contribution in [3.8, 4) is 0 Å². The fourth-order valence-corrected chi connectivity index (χ4v) is 1.41. The van der Waals surface area contributed by atoms with Crippen LogP contribution in [0.5, 0.6) is 0 Å². The summed E-state index contributed by atoms with van der Waals surface area (Å²) in [5, 5.41) is -5.64. The second-order valence-corrected chi connectivity index (χ2v) is 5.20. The Bertz CT molecular complexity index is 476. The van der Waals surface area contributed by atoms with E-state index < -0.39 is 53.2 Å². The minimum Gasteiger partial charge on any atom is -0.454 e. The van der Waals surface area contributed by atoms with E-state index in [1.807, 2.05) is 0 Å². The number of alkyl halides is 12. The molecule has 0 aliphatic carbocycles. The summed E-state index contributed by atoms with van der Waals surface area (Å²) >= 11 is 0. The first kappa shape index (κ1) is 26.5. The van der Waals surface area contributed by atoms with Crippen molar-refractivity contribution in [1.82, 2.24) is 10.1 Å². The Morgan fingerprint density at radius 1 is 0.679 bits per heavy atom. The predicted octanol–water partition coefficient (Wildman–Crippen LogP) is 4.20. The number of esters is 1. The zero-order chi connectivity index (χ0) is 22.9. The molecule has 0 saturated carbocycles. The Morgan fingerprint density at radius 2 is 0.929 bits per heavy atom. The average Bonchev–Trinajstić information content (AvgIpc) is 2.29. The van der Waals surface area contributed by atoms with Gasteiger partial charge in [-0.3, -0.25) is 4.79 Å². The molecule has 0 rings (SSSR count). The van der Waals surface area contributed by atoms with Gasteiger partial charge in [0.1, 0.15) is 0 Å². The maximum Gasteiger partial charge on any atom is 0.490 e. The highest BCUT2D eigenvalue weighted by atomic mass is 19.4. The van der Waals surface area contributed by atoms with E-state index >= 15 is 0 Å². The zero-order valence-corrected chi connectivity index (χ0v) is 13.6. The monoisotopic (exact) mass is 450 g/mol. The third kappa shape index (κ3) is 7.84. The Labute approximate surface area is 147 Å². The summed E-state index contributed by atoms with van der Waals surface area (Å²) in [6, 6.07) is 0. The lowest BCUT2D eigenvalue weighted by Gasteiger charge is -2.38. The quantitative estimate of drug-likeness (QED) is 0.199. The van der Waals surface area contributed by atoms with E-state index in [1.165, 1.54) is 0 Å². The van der Waals surface area contributed by atoms with Crippen LogP contribution in [0.3, 0.4) is 0 Å². The van der Waals surface area contributed by atoms with Gasteiger partial charge in [-0.05, 0) is 13.8 Å². The van der Waals surface area contributed by atoms with Crippen molar-refractivity contribution in [2.75, 3.05) is 0 Å². The van der Waals surface area contributed by atoms with Crippen LogP contribution in [-0.2, 0) is 19.2 Å². The number of hydrogen-bond donors (Lipinski definition) is 0. The molecule has 0 atom stereocenters. The molecule has 28 heavy (non-hydrogen) atoms. The summed E-state index contributed by atoms with van der Waals surface area (Å²) in [6.45, 7) is 1.19. The molecule has 0 heterocycles. The molecule has 0 aliphatic heterocycles. The third-order valence-electron chi connectivity index (χ3n) is 2.30. The molecular formula is C10H10F12N2O4. The van der Waals surface area contributed by atoms with E-state index in [1.54, 1.807) is 0 Å². The van der Waals surface area contributed by atoms with Crippen LogP contribution < -0.4 is 0 Å². The summed E-state index contributed by atoms with van der Waals surface area (Å²) in [5.74, 6) is -1.50. The second-order valence-electron chi connectivity index (χ2n) is 5.20. The molecule has 0 spiro atoms. The van der Waals surface area contributed by atoms with Gasteiger partial charge in [0.05, 0.1) is 0 Å². The number of carbonyl (C=O) groups excluding carboxylic acids is 1. The van der Waals surface area contributed by atoms with Crippen LogP contribution in [0.1, 0.15) is 20.8 Å². The lowest BCUT2D eigenvalue weighted by Crippen LogP contribution is -2.59. The molecule has 168 valence electrons. The van der Waals surface area contributed by atoms with Crippen LogP contribution in [0, 0.1) is 0 Å². The summed E-state index contributed by atoms with van der Waals surface area (Å²) in [6.07, 6.45) is -29.6. The van der Waals surface area contributed by atoms with Gasteiger partial charge >= 0.3 is 31.2 Å². The number of halogens is 12. The predicted molar refractivity (Wildman–Crippen MR) is 59.7 cm³/mol. The number of rotatable bonds is 6. The Kier molecular flexibility index (Phi) is 7.63. The van der Waals surface area contributed by atoms with Crippen molar-refractivity contribution >= 4 is 5.97 Å². The van der Waals surface area contributed by atoms with E-state index in [4.69, 9.17) is 0 Å². The first-order valence-corrected chi connectivity index (χ1v) is 6.40. The summed E-state index contributed by atoms with van der Waals surface area (Å²) in [4.78, 5) is 17.3. The molecule has 0 N–H and O–H groups in total. The lowest BCUT2D eigenvalue weighted by atomic mass is 10.1. The number of hydrogen-bond acceptors (Lipinski definition) is 6. The highest BCUT2D eigenvalue weighted by Crippen LogP contribution is 2.39. The van der Waals surface area contributed by atoms with Gasteiger partial charge in [-0.25, -0.2) is 9.68 Å². The van der Waals surface area contributed by atoms with Gasteiger partial charge in [0.2, 0.25) is 6.29 Å². The Morgan fingerprint density at radius 3 is 1.11 bits per heavy atom. The molecule has 0 aliphatic rings. The largest absolute Gasteiger partial charge is 0.490 e. The van der Waals surface area contributed by atoms with E-state index in [-0.39, 0.29) is 0 Å². The van der Waals surface area contributed by atoms with Crippen LogP contribution >= 0.6 is 0 Å². The van der Waals surface area contributed by atoms with Crippen LogP contribution in [0.15, 0.2) is 0 Å². The zero-order valence-electron chi connectivity index (χ0n) is 13.6. The summed E-state index contributed by atoms with van der Waals surface area (Å²) < 4.78 is 154. The first-order valence-electron chi connectivity index (χ1n) is 6.40. The normalized spacial score (nSPS) is 14.9. The minimum absolute atomic E-state index is 0.342. The fourth-order valence-electron chi connectivity index (χ4n) is 1.41. The SMILES string of the molecule is CC(=O)OC(C)(C)C(ON(C(F)(F)F)C(F)(F)F)ON(C(F)(F)F)C(F)(F)F. The highest BCUT2D eigenvalue weighted by molar-refractivity contribution is 5.66. The minimum atomic E-state index is -6.48. The molecule has 0 aromatic carbocycles. The smallest absolute Gasteiger partial charge is 0.454 e. The number of carbonyl (C=O) groups is 1. The van der Waals surface area contributed by atoms with Gasteiger partial charge in [-0.15, -0.1) is 0 Å². The van der Waals surface area contributed by atoms with Gasteiger partial charge in [0, 0.05) is 17.1 Å². The first-order chi connectivity index (χ1) is 12.0. The maximum absolute atomic E-state index is 12.5. The average molecular weight is 450 g/mol. The lowest BCUT2D eigenvalue weighted by molar-refractivity contribution is -0.563. The number of hydroxylamine groups is 4. The van der Waals surface area contributed by atoms with Crippen LogP contribution in [0.25, 0.3) is 0 Å². The number of ether oxygens (including phenoxy) is 1. The molecule has 18 heteroatoms. The second kappa shape index (κ2) is 8.07.